The highest BCUT2D eigenvalue weighted by molar-refractivity contribution is 9.10. The Morgan fingerprint density at radius 2 is 2.09 bits per heavy atom. The SMILES string of the molecule is CC(C)(C)OC(=O)CCCNC(=S)Nc1ccc(Br)c(Cl)c1. The molecule has 0 spiro atoms. The molecule has 4 nitrogen and oxygen atoms in total. The molecule has 22 heavy (non-hydrogen) atoms. The summed E-state index contributed by atoms with van der Waals surface area (Å²) < 4.78 is 6.06. The lowest BCUT2D eigenvalue weighted by Gasteiger charge is -2.19. The van der Waals surface area contributed by atoms with Crippen molar-refractivity contribution in [2.45, 2.75) is 39.2 Å². The van der Waals surface area contributed by atoms with E-state index in [9.17, 15) is 4.79 Å². The third-order valence-electron chi connectivity index (χ3n) is 2.44. The monoisotopic (exact) mass is 406 g/mol. The Kier molecular flexibility index (Phi) is 7.59. The van der Waals surface area contributed by atoms with Crippen molar-refractivity contribution in [2.24, 2.45) is 0 Å². The molecule has 1 rings (SSSR count). The van der Waals surface area contributed by atoms with E-state index in [1.54, 1.807) is 6.07 Å². The fraction of sp³-hybridized carbons (Fsp3) is 0.467. The lowest BCUT2D eigenvalue weighted by molar-refractivity contribution is -0.154. The molecule has 0 radical (unpaired) electrons. The summed E-state index contributed by atoms with van der Waals surface area (Å²) in [6.45, 7) is 6.15. The predicted octanol–water partition coefficient (Wildman–Crippen LogP) is 4.51. The minimum absolute atomic E-state index is 0.201. The molecule has 0 bridgehead atoms. The van der Waals surface area contributed by atoms with Crippen LogP contribution in [0.1, 0.15) is 33.6 Å². The van der Waals surface area contributed by atoms with Gasteiger partial charge in [-0.1, -0.05) is 11.6 Å². The number of ether oxygens (including phenoxy) is 1. The van der Waals surface area contributed by atoms with Crippen molar-refractivity contribution in [3.8, 4) is 0 Å². The van der Waals surface area contributed by atoms with Crippen molar-refractivity contribution in [1.82, 2.24) is 5.32 Å². The van der Waals surface area contributed by atoms with Crippen molar-refractivity contribution in [3.05, 3.63) is 27.7 Å². The van der Waals surface area contributed by atoms with Gasteiger partial charge in [-0.25, -0.2) is 0 Å². The van der Waals surface area contributed by atoms with Crippen LogP contribution in [0.5, 0.6) is 0 Å². The third kappa shape index (κ3) is 7.96. The highest BCUT2D eigenvalue weighted by atomic mass is 79.9. The lowest BCUT2D eigenvalue weighted by Crippen LogP contribution is -2.30. The van der Waals surface area contributed by atoms with Crippen LogP contribution in [0.4, 0.5) is 5.69 Å². The topological polar surface area (TPSA) is 50.4 Å². The molecular weight excluding hydrogens is 388 g/mol. The van der Waals surface area contributed by atoms with Gasteiger partial charge in [0, 0.05) is 23.1 Å². The van der Waals surface area contributed by atoms with Crippen LogP contribution >= 0.6 is 39.7 Å². The van der Waals surface area contributed by atoms with Gasteiger partial charge in [-0.3, -0.25) is 4.79 Å². The molecule has 0 saturated carbocycles. The molecule has 0 saturated heterocycles. The minimum atomic E-state index is -0.442. The summed E-state index contributed by atoms with van der Waals surface area (Å²) >= 11 is 14.5. The van der Waals surface area contributed by atoms with Crippen LogP contribution in [0.2, 0.25) is 5.02 Å². The summed E-state index contributed by atoms with van der Waals surface area (Å²) in [5.41, 5.74) is 0.361. The second kappa shape index (κ2) is 8.70. The Balaban J connectivity index is 2.26. The van der Waals surface area contributed by atoms with Gasteiger partial charge in [0.2, 0.25) is 0 Å². The molecule has 1 aromatic carbocycles. The zero-order valence-corrected chi connectivity index (χ0v) is 16.0. The molecule has 122 valence electrons. The van der Waals surface area contributed by atoms with E-state index in [0.717, 1.165) is 10.2 Å². The molecule has 0 aliphatic carbocycles. The van der Waals surface area contributed by atoms with E-state index in [1.807, 2.05) is 32.9 Å². The van der Waals surface area contributed by atoms with Gasteiger partial charge in [0.05, 0.1) is 5.02 Å². The number of hydrogen-bond acceptors (Lipinski definition) is 3. The van der Waals surface area contributed by atoms with Crippen molar-refractivity contribution < 1.29 is 9.53 Å². The van der Waals surface area contributed by atoms with Gasteiger partial charge in [-0.15, -0.1) is 0 Å². The first-order chi connectivity index (χ1) is 10.2. The van der Waals surface area contributed by atoms with Gasteiger partial charge in [0.15, 0.2) is 5.11 Å². The van der Waals surface area contributed by atoms with E-state index < -0.39 is 5.60 Å². The molecule has 0 aliphatic heterocycles. The van der Waals surface area contributed by atoms with E-state index >= 15 is 0 Å². The zero-order valence-electron chi connectivity index (χ0n) is 12.8. The number of anilines is 1. The molecular formula is C15H20BrClN2O2S. The van der Waals surface area contributed by atoms with E-state index in [2.05, 4.69) is 26.6 Å². The van der Waals surface area contributed by atoms with Crippen LogP contribution in [0.3, 0.4) is 0 Å². The molecule has 1 aromatic rings. The lowest BCUT2D eigenvalue weighted by atomic mass is 10.2. The van der Waals surface area contributed by atoms with Gasteiger partial charge in [0.25, 0.3) is 0 Å². The summed E-state index contributed by atoms with van der Waals surface area (Å²) in [6.07, 6.45) is 1.01. The highest BCUT2D eigenvalue weighted by Crippen LogP contribution is 2.25. The zero-order chi connectivity index (χ0) is 16.8. The van der Waals surface area contributed by atoms with Crippen molar-refractivity contribution in [1.29, 1.82) is 0 Å². The average Bonchev–Trinajstić information content (AvgIpc) is 2.37. The fourth-order valence-electron chi connectivity index (χ4n) is 1.58. The number of thiocarbonyl (C=S) groups is 1. The van der Waals surface area contributed by atoms with Crippen molar-refractivity contribution in [2.75, 3.05) is 11.9 Å². The number of carbonyl (C=O) groups is 1. The third-order valence-corrected chi connectivity index (χ3v) is 3.92. The first-order valence-corrected chi connectivity index (χ1v) is 8.47. The van der Waals surface area contributed by atoms with Crippen molar-refractivity contribution >= 4 is 56.5 Å². The first-order valence-electron chi connectivity index (χ1n) is 6.89. The second-order valence-corrected chi connectivity index (χ2v) is 7.37. The van der Waals surface area contributed by atoms with Crippen LogP contribution in [0.25, 0.3) is 0 Å². The molecule has 0 aromatic heterocycles. The molecule has 0 amide bonds. The van der Waals surface area contributed by atoms with Gasteiger partial charge >= 0.3 is 5.97 Å². The Bertz CT molecular complexity index is 547. The Labute approximate surface area is 150 Å². The molecule has 0 fully saturated rings. The Hall–Kier alpha value is -0.850. The predicted molar refractivity (Wildman–Crippen MR) is 98.5 cm³/mol. The van der Waals surface area contributed by atoms with Gasteiger partial charge in [-0.2, -0.15) is 0 Å². The van der Waals surface area contributed by atoms with Crippen molar-refractivity contribution in [3.63, 3.8) is 0 Å². The molecule has 2 N–H and O–H groups in total. The normalized spacial score (nSPS) is 11.0. The van der Waals surface area contributed by atoms with Gasteiger partial charge < -0.3 is 15.4 Å². The van der Waals surface area contributed by atoms with E-state index in [0.29, 0.717) is 29.5 Å². The van der Waals surface area contributed by atoms with E-state index in [4.69, 9.17) is 28.6 Å². The fourth-order valence-corrected chi connectivity index (χ4v) is 2.22. The summed E-state index contributed by atoms with van der Waals surface area (Å²) in [7, 11) is 0. The largest absolute Gasteiger partial charge is 0.460 e. The van der Waals surface area contributed by atoms with Gasteiger partial charge in [0.1, 0.15) is 5.60 Å². The average molecular weight is 408 g/mol. The molecule has 0 heterocycles. The maximum absolute atomic E-state index is 11.5. The summed E-state index contributed by atoms with van der Waals surface area (Å²) in [5.74, 6) is -0.201. The summed E-state index contributed by atoms with van der Waals surface area (Å²) in [4.78, 5) is 11.5. The smallest absolute Gasteiger partial charge is 0.306 e. The van der Waals surface area contributed by atoms with Crippen LogP contribution in [0, 0.1) is 0 Å². The second-order valence-electron chi connectivity index (χ2n) is 5.70. The maximum Gasteiger partial charge on any atom is 0.306 e. The quantitative estimate of drug-likeness (QED) is 0.427. The number of benzene rings is 1. The number of rotatable bonds is 5. The number of hydrogen-bond donors (Lipinski definition) is 2. The Morgan fingerprint density at radius 3 is 2.68 bits per heavy atom. The highest BCUT2D eigenvalue weighted by Gasteiger charge is 2.15. The van der Waals surface area contributed by atoms with Crippen LogP contribution in [-0.4, -0.2) is 23.2 Å². The molecule has 0 atom stereocenters. The molecule has 7 heteroatoms. The molecule has 0 unspecified atom stereocenters. The number of carbonyl (C=O) groups excluding carboxylic acids is 1. The van der Waals surface area contributed by atoms with Crippen LogP contribution in [0.15, 0.2) is 22.7 Å². The maximum atomic E-state index is 11.5. The summed E-state index contributed by atoms with van der Waals surface area (Å²) in [5, 5.41) is 7.17. The standard InChI is InChI=1S/C15H20BrClN2O2S/c1-15(2,3)21-13(20)5-4-8-18-14(22)19-10-6-7-11(16)12(17)9-10/h6-7,9H,4-5,8H2,1-3H3,(H2,18,19,22). The van der Waals surface area contributed by atoms with E-state index in [1.165, 1.54) is 0 Å². The number of esters is 1. The minimum Gasteiger partial charge on any atom is -0.460 e. The summed E-state index contributed by atoms with van der Waals surface area (Å²) in [6, 6.07) is 5.49. The van der Waals surface area contributed by atoms with Crippen LogP contribution < -0.4 is 10.6 Å². The number of halogens is 2. The first kappa shape index (κ1) is 19.2. The molecule has 0 aliphatic rings. The number of nitrogens with one attached hydrogen (secondary N) is 2. The van der Waals surface area contributed by atoms with E-state index in [-0.39, 0.29) is 5.97 Å². The van der Waals surface area contributed by atoms with Gasteiger partial charge in [-0.05, 0) is 73.5 Å². The Morgan fingerprint density at radius 1 is 1.41 bits per heavy atom. The van der Waals surface area contributed by atoms with Crippen LogP contribution in [-0.2, 0) is 9.53 Å².